The van der Waals surface area contributed by atoms with Crippen LogP contribution >= 0.6 is 25.6 Å². The van der Waals surface area contributed by atoms with Crippen LogP contribution in [-0.2, 0) is 31.7 Å². The van der Waals surface area contributed by atoms with Crippen molar-refractivity contribution in [3.05, 3.63) is 53.3 Å². The fourth-order valence-electron chi connectivity index (χ4n) is 2.44. The molecule has 2 rings (SSSR count). The second-order valence-corrected chi connectivity index (χ2v) is 13.2. The van der Waals surface area contributed by atoms with Crippen molar-refractivity contribution in [2.45, 2.75) is 52.4 Å². The van der Waals surface area contributed by atoms with Crippen molar-refractivity contribution < 1.29 is 30.3 Å². The number of aromatic hydroxyl groups is 1. The van der Waals surface area contributed by atoms with Gasteiger partial charge in [0.25, 0.3) is 0 Å². The van der Waals surface area contributed by atoms with Crippen LogP contribution in [0, 0.1) is 5.82 Å². The summed E-state index contributed by atoms with van der Waals surface area (Å²) in [4.78, 5) is 0. The van der Waals surface area contributed by atoms with Crippen LogP contribution in [0.2, 0.25) is 0 Å². The van der Waals surface area contributed by atoms with Gasteiger partial charge in [-0.25, -0.2) is 4.39 Å². The number of halogens is 3. The van der Waals surface area contributed by atoms with Gasteiger partial charge in [0.05, 0.1) is 0 Å². The van der Waals surface area contributed by atoms with Crippen LogP contribution in [0.15, 0.2) is 36.4 Å². The molecular formula is C20H26Cl2FOPZr. The van der Waals surface area contributed by atoms with Crippen LogP contribution in [0.25, 0.3) is 0 Å². The molecule has 1 atom stereocenters. The van der Waals surface area contributed by atoms with Crippen LogP contribution in [0.3, 0.4) is 0 Å². The van der Waals surface area contributed by atoms with Gasteiger partial charge in [-0.3, -0.25) is 0 Å². The molecule has 0 amide bonds. The molecule has 0 heterocycles. The Hall–Kier alpha value is 0.0631. The van der Waals surface area contributed by atoms with E-state index in [9.17, 15) is 9.50 Å². The monoisotopic (exact) mass is 492 g/mol. The molecule has 0 aliphatic rings. The van der Waals surface area contributed by atoms with Gasteiger partial charge in [0.15, 0.2) is 0 Å². The third-order valence-electron chi connectivity index (χ3n) is 3.93. The number of hydrogen-bond acceptors (Lipinski definition) is 1. The molecule has 1 N–H and O–H groups in total. The summed E-state index contributed by atoms with van der Waals surface area (Å²) in [6.07, 6.45) is 0. The summed E-state index contributed by atoms with van der Waals surface area (Å²) in [7, 11) is 9.97. The van der Waals surface area contributed by atoms with E-state index in [1.165, 1.54) is 11.6 Å². The van der Waals surface area contributed by atoms with E-state index in [1.54, 1.807) is 12.1 Å². The van der Waals surface area contributed by atoms with E-state index in [1.807, 2.05) is 12.1 Å². The van der Waals surface area contributed by atoms with Crippen molar-refractivity contribution in [2.24, 2.45) is 0 Å². The van der Waals surface area contributed by atoms with Gasteiger partial charge < -0.3 is 5.11 Å². The van der Waals surface area contributed by atoms with Crippen molar-refractivity contribution in [3.63, 3.8) is 0 Å². The zero-order valence-electron chi connectivity index (χ0n) is 16.0. The summed E-state index contributed by atoms with van der Waals surface area (Å²) < 4.78 is 14.0. The van der Waals surface area contributed by atoms with Crippen molar-refractivity contribution in [2.75, 3.05) is 0 Å². The van der Waals surface area contributed by atoms with E-state index in [-0.39, 0.29) is 25.2 Å². The molecule has 1 nitrogen and oxygen atoms in total. The molecule has 142 valence electrons. The van der Waals surface area contributed by atoms with Crippen LogP contribution < -0.4 is 10.6 Å². The van der Waals surface area contributed by atoms with Gasteiger partial charge in [-0.15, -0.1) is 0 Å². The summed E-state index contributed by atoms with van der Waals surface area (Å²) in [6, 6.07) is 10.9. The predicted octanol–water partition coefficient (Wildman–Crippen LogP) is 6.13. The van der Waals surface area contributed by atoms with Crippen LogP contribution in [0.1, 0.15) is 52.7 Å². The van der Waals surface area contributed by atoms with Gasteiger partial charge in [0.1, 0.15) is 11.6 Å². The Balaban J connectivity index is 0.00000105. The summed E-state index contributed by atoms with van der Waals surface area (Å²) in [6.45, 7) is 12.7. The zero-order chi connectivity index (χ0) is 20.1. The topological polar surface area (TPSA) is 20.2 Å². The molecule has 0 fully saturated rings. The summed E-state index contributed by atoms with van der Waals surface area (Å²) in [5.41, 5.74) is 1.89. The maximum absolute atomic E-state index is 14.0. The Morgan fingerprint density at radius 2 is 1.46 bits per heavy atom. The first kappa shape index (κ1) is 24.1. The minimum absolute atomic E-state index is 0.0256. The van der Waals surface area contributed by atoms with Gasteiger partial charge in [-0.1, -0.05) is 74.4 Å². The van der Waals surface area contributed by atoms with Crippen molar-refractivity contribution in [1.29, 1.82) is 0 Å². The Morgan fingerprint density at radius 3 is 1.92 bits per heavy atom. The zero-order valence-corrected chi connectivity index (χ0v) is 21.0. The van der Waals surface area contributed by atoms with Gasteiger partial charge in [-0.05, 0) is 28.5 Å². The van der Waals surface area contributed by atoms with E-state index < -0.39 is 20.8 Å². The van der Waals surface area contributed by atoms with E-state index in [0.717, 1.165) is 10.9 Å². The van der Waals surface area contributed by atoms with E-state index in [0.29, 0.717) is 11.1 Å². The maximum atomic E-state index is 14.0. The SMILES string of the molecule is CC(C)(C)c1cc(Pc2ccccc2F)c(O)c(C(C)(C)C)c1.[Cl][Zr][Cl]. The molecule has 0 aromatic heterocycles. The molecular weight excluding hydrogens is 468 g/mol. The van der Waals surface area contributed by atoms with Crippen LogP contribution in [0.5, 0.6) is 5.75 Å². The van der Waals surface area contributed by atoms with Gasteiger partial charge in [0, 0.05) is 16.2 Å². The summed E-state index contributed by atoms with van der Waals surface area (Å²) in [5, 5.41) is 12.2. The molecule has 0 aliphatic carbocycles. The minimum atomic E-state index is -0.826. The number of phenolic OH excluding ortho intramolecular Hbond substituents is 1. The number of rotatable bonds is 2. The average Bonchev–Trinajstić information content (AvgIpc) is 2.50. The molecule has 0 spiro atoms. The molecule has 6 heteroatoms. The number of hydrogen-bond donors (Lipinski definition) is 1. The Kier molecular flexibility index (Phi) is 9.29. The third kappa shape index (κ3) is 6.90. The predicted molar refractivity (Wildman–Crippen MR) is 111 cm³/mol. The number of phenols is 1. The Bertz CT molecular complexity index is 740. The van der Waals surface area contributed by atoms with Gasteiger partial charge >= 0.3 is 37.9 Å². The first-order valence-electron chi connectivity index (χ1n) is 8.27. The fourth-order valence-corrected chi connectivity index (χ4v) is 3.60. The molecule has 0 saturated heterocycles. The van der Waals surface area contributed by atoms with Crippen molar-refractivity contribution in [3.8, 4) is 5.75 Å². The quantitative estimate of drug-likeness (QED) is 0.498. The second-order valence-electron chi connectivity index (χ2n) is 8.10. The molecule has 2 aromatic carbocycles. The van der Waals surface area contributed by atoms with E-state index in [2.05, 4.69) is 47.6 Å². The average molecular weight is 495 g/mol. The van der Waals surface area contributed by atoms with Crippen molar-refractivity contribution in [1.82, 2.24) is 0 Å². The Morgan fingerprint density at radius 1 is 0.923 bits per heavy atom. The molecule has 2 aromatic rings. The summed E-state index contributed by atoms with van der Waals surface area (Å²) >= 11 is -0.826. The van der Waals surface area contributed by atoms with Gasteiger partial charge in [-0.2, -0.15) is 0 Å². The number of benzene rings is 2. The van der Waals surface area contributed by atoms with Gasteiger partial charge in [0.2, 0.25) is 0 Å². The van der Waals surface area contributed by atoms with E-state index >= 15 is 0 Å². The standard InChI is InChI=1S/C20H26FOP.2ClH.Zr/c1-19(2,3)13-11-14(20(4,5)6)18(22)17(12-13)23-16-10-8-7-9-15(16)21;;;/h7-12,22-23H,1-6H3;2*1H;/q;;;+2/p-2. The van der Waals surface area contributed by atoms with E-state index in [4.69, 9.17) is 17.0 Å². The molecule has 1 unspecified atom stereocenters. The normalized spacial score (nSPS) is 12.0. The fraction of sp³-hybridized carbons (Fsp3) is 0.400. The molecule has 0 bridgehead atoms. The second kappa shape index (κ2) is 10.0. The Labute approximate surface area is 177 Å². The van der Waals surface area contributed by atoms with Crippen molar-refractivity contribution >= 4 is 36.2 Å². The van der Waals surface area contributed by atoms with Crippen LogP contribution in [-0.4, -0.2) is 5.11 Å². The first-order valence-corrected chi connectivity index (χ1v) is 15.6. The molecule has 0 aliphatic heterocycles. The summed E-state index contributed by atoms with van der Waals surface area (Å²) in [5.74, 6) is 0.0794. The first-order chi connectivity index (χ1) is 11.9. The molecule has 0 radical (unpaired) electrons. The third-order valence-corrected chi connectivity index (χ3v) is 5.25. The molecule has 0 saturated carbocycles. The van der Waals surface area contributed by atoms with Crippen LogP contribution in [0.4, 0.5) is 4.39 Å². The molecule has 26 heavy (non-hydrogen) atoms.